The highest BCUT2D eigenvalue weighted by atomic mass is 35.7. The van der Waals surface area contributed by atoms with E-state index in [2.05, 4.69) is 51.7 Å². The van der Waals surface area contributed by atoms with Crippen LogP contribution < -0.4 is 0 Å². The second-order valence-electron chi connectivity index (χ2n) is 5.31. The van der Waals surface area contributed by atoms with Crippen molar-refractivity contribution in [3.63, 3.8) is 0 Å². The summed E-state index contributed by atoms with van der Waals surface area (Å²) >= 11 is 6.43. The molecule has 4 heteroatoms. The number of hydrogen-bond donors (Lipinski definition) is 0. The van der Waals surface area contributed by atoms with Gasteiger partial charge in [-0.15, -0.1) is 0 Å². The Morgan fingerprint density at radius 2 is 1.62 bits per heavy atom. The van der Waals surface area contributed by atoms with E-state index in [4.69, 9.17) is 11.2 Å². The van der Waals surface area contributed by atoms with Crippen molar-refractivity contribution in [1.82, 2.24) is 4.34 Å². The summed E-state index contributed by atoms with van der Waals surface area (Å²) in [5.41, 5.74) is 0.216. The van der Waals surface area contributed by atoms with Gasteiger partial charge in [0, 0.05) is 5.54 Å². The normalized spacial score (nSPS) is 16.4. The first-order chi connectivity index (χ1) is 5.60. The Balaban J connectivity index is 4.78. The molecule has 0 fully saturated rings. The van der Waals surface area contributed by atoms with E-state index in [-0.39, 0.29) is 5.54 Å². The van der Waals surface area contributed by atoms with E-state index in [0.29, 0.717) is 0 Å². The molecule has 0 aliphatic carbocycles. The smallest absolute Gasteiger partial charge is 0.125 e. The van der Waals surface area contributed by atoms with E-state index < -0.39 is 15.7 Å². The van der Waals surface area contributed by atoms with Crippen LogP contribution in [0.4, 0.5) is 0 Å². The van der Waals surface area contributed by atoms with E-state index >= 15 is 0 Å². The van der Waals surface area contributed by atoms with Gasteiger partial charge in [-0.1, -0.05) is 37.8 Å². The fourth-order valence-corrected chi connectivity index (χ4v) is 10.5. The molecule has 1 nitrogen and oxygen atoms in total. The predicted molar refractivity (Wildman–Crippen MR) is 68.3 cm³/mol. The van der Waals surface area contributed by atoms with E-state index in [9.17, 15) is 0 Å². The molecule has 0 aromatic heterocycles. The molecule has 0 rings (SSSR count). The largest absolute Gasteiger partial charge is 0.287 e. The van der Waals surface area contributed by atoms with E-state index in [0.717, 1.165) is 6.16 Å². The van der Waals surface area contributed by atoms with Crippen LogP contribution in [0.3, 0.4) is 0 Å². The number of rotatable bonds is 3. The maximum atomic E-state index is 6.43. The number of hydrogen-bond acceptors (Lipinski definition) is 1. The van der Waals surface area contributed by atoms with Crippen LogP contribution in [0.5, 0.6) is 0 Å². The molecule has 0 amide bonds. The van der Waals surface area contributed by atoms with Crippen molar-refractivity contribution in [2.24, 2.45) is 0 Å². The van der Waals surface area contributed by atoms with Gasteiger partial charge in [-0.05, 0) is 26.9 Å². The third-order valence-corrected chi connectivity index (χ3v) is 9.32. The Kier molecular flexibility index (Phi) is 4.93. The summed E-state index contributed by atoms with van der Waals surface area (Å²) in [6.07, 6.45) is 1.08. The Morgan fingerprint density at radius 1 is 1.23 bits per heavy atom. The van der Waals surface area contributed by atoms with Crippen molar-refractivity contribution in [2.75, 3.05) is 6.16 Å². The molecule has 0 saturated heterocycles. The Morgan fingerprint density at radius 3 is 1.69 bits per heavy atom. The fraction of sp³-hybridized carbons (Fsp3) is 1.00. The molecule has 0 aromatic carbocycles. The zero-order valence-corrected chi connectivity index (χ0v) is 12.6. The van der Waals surface area contributed by atoms with Crippen molar-refractivity contribution in [3.8, 4) is 0 Å². The lowest BCUT2D eigenvalue weighted by molar-refractivity contribution is 0.374. The zero-order chi connectivity index (χ0) is 10.9. The molecule has 0 spiro atoms. The average Bonchev–Trinajstić information content (AvgIpc) is 1.80. The Labute approximate surface area is 90.5 Å². The molecule has 0 aromatic rings. The van der Waals surface area contributed by atoms with Gasteiger partial charge < -0.3 is 0 Å². The van der Waals surface area contributed by atoms with Crippen LogP contribution in [0.25, 0.3) is 0 Å². The minimum atomic E-state index is -1.28. The highest BCUT2D eigenvalue weighted by Gasteiger charge is 2.36. The Hall–Kier alpha value is 0.897. The van der Waals surface area contributed by atoms with Gasteiger partial charge in [-0.25, -0.2) is 0 Å². The van der Waals surface area contributed by atoms with E-state index in [1.807, 2.05) is 0 Å². The van der Waals surface area contributed by atoms with Crippen molar-refractivity contribution in [1.29, 1.82) is 0 Å². The van der Waals surface area contributed by atoms with Crippen LogP contribution in [-0.2, 0) is 0 Å². The molecule has 0 heterocycles. The van der Waals surface area contributed by atoms with Crippen LogP contribution >= 0.6 is 18.7 Å². The standard InChI is InChI=1S/C9H23ClNPSi/c1-8-12(10)11(9(2,3)4)13(5,6)7/h8H2,1-7H3. The summed E-state index contributed by atoms with van der Waals surface area (Å²) < 4.78 is 2.57. The topological polar surface area (TPSA) is 3.24 Å². The fourth-order valence-electron chi connectivity index (χ4n) is 1.80. The zero-order valence-electron chi connectivity index (χ0n) is 9.98. The van der Waals surface area contributed by atoms with Gasteiger partial charge in [0.15, 0.2) is 0 Å². The van der Waals surface area contributed by atoms with Gasteiger partial charge in [0.25, 0.3) is 0 Å². The number of nitrogens with zero attached hydrogens (tertiary/aromatic N) is 1. The summed E-state index contributed by atoms with van der Waals surface area (Å²) in [5.74, 6) is 0. The molecule has 1 atom stereocenters. The first-order valence-electron chi connectivity index (χ1n) is 4.84. The predicted octanol–water partition coefficient (Wildman–Crippen LogP) is 4.49. The number of halogens is 1. The summed E-state index contributed by atoms with van der Waals surface area (Å²) in [6.45, 7) is 16.1. The van der Waals surface area contributed by atoms with Gasteiger partial charge in [0.2, 0.25) is 0 Å². The van der Waals surface area contributed by atoms with Crippen molar-refractivity contribution >= 4 is 26.9 Å². The maximum Gasteiger partial charge on any atom is 0.125 e. The van der Waals surface area contributed by atoms with Crippen LogP contribution in [0.2, 0.25) is 19.6 Å². The third kappa shape index (κ3) is 4.29. The second-order valence-corrected chi connectivity index (χ2v) is 13.3. The molecule has 13 heavy (non-hydrogen) atoms. The average molecular weight is 240 g/mol. The molecule has 0 saturated carbocycles. The van der Waals surface area contributed by atoms with E-state index in [1.54, 1.807) is 0 Å². The molecular formula is C9H23ClNPSi. The van der Waals surface area contributed by atoms with Gasteiger partial charge >= 0.3 is 0 Å². The lowest BCUT2D eigenvalue weighted by Gasteiger charge is -2.46. The molecular weight excluding hydrogens is 217 g/mol. The molecule has 0 radical (unpaired) electrons. The monoisotopic (exact) mass is 239 g/mol. The first-order valence-corrected chi connectivity index (χ1v) is 10.7. The third-order valence-electron chi connectivity index (χ3n) is 1.75. The quantitative estimate of drug-likeness (QED) is 0.518. The Bertz CT molecular complexity index is 148. The maximum absolute atomic E-state index is 6.43. The minimum absolute atomic E-state index is 0.216. The lowest BCUT2D eigenvalue weighted by atomic mass is 10.1. The van der Waals surface area contributed by atoms with Crippen molar-refractivity contribution in [2.45, 2.75) is 52.9 Å². The lowest BCUT2D eigenvalue weighted by Crippen LogP contribution is -2.52. The molecule has 0 aliphatic heterocycles. The van der Waals surface area contributed by atoms with Crippen LogP contribution in [0, 0.1) is 0 Å². The van der Waals surface area contributed by atoms with Crippen LogP contribution in [-0.4, -0.2) is 24.3 Å². The minimum Gasteiger partial charge on any atom is -0.287 e. The second kappa shape index (κ2) is 4.61. The van der Waals surface area contributed by atoms with Crippen LogP contribution in [0.1, 0.15) is 27.7 Å². The molecule has 1 unspecified atom stereocenters. The summed E-state index contributed by atoms with van der Waals surface area (Å²) in [7, 11) is -1.73. The molecule has 0 N–H and O–H groups in total. The van der Waals surface area contributed by atoms with Crippen molar-refractivity contribution < 1.29 is 0 Å². The summed E-state index contributed by atoms with van der Waals surface area (Å²) in [6, 6.07) is 0. The summed E-state index contributed by atoms with van der Waals surface area (Å²) in [5, 5.41) is 0. The van der Waals surface area contributed by atoms with Gasteiger partial charge in [0.05, 0.1) is 7.43 Å². The van der Waals surface area contributed by atoms with Crippen LogP contribution in [0.15, 0.2) is 0 Å². The highest BCUT2D eigenvalue weighted by Crippen LogP contribution is 2.52. The highest BCUT2D eigenvalue weighted by molar-refractivity contribution is 7.83. The van der Waals surface area contributed by atoms with Gasteiger partial charge in [-0.3, -0.25) is 4.34 Å². The summed E-state index contributed by atoms with van der Waals surface area (Å²) in [4.78, 5) is 0. The molecule has 80 valence electrons. The van der Waals surface area contributed by atoms with Gasteiger partial charge in [0.1, 0.15) is 8.24 Å². The molecule has 0 aliphatic rings. The van der Waals surface area contributed by atoms with Crippen molar-refractivity contribution in [3.05, 3.63) is 0 Å². The SMILES string of the molecule is CCP(Cl)N(C(C)(C)C)[Si](C)(C)C. The molecule has 0 bridgehead atoms. The van der Waals surface area contributed by atoms with E-state index in [1.165, 1.54) is 0 Å². The first kappa shape index (κ1) is 13.9. The van der Waals surface area contributed by atoms with Gasteiger partial charge in [-0.2, -0.15) is 0 Å².